The molecule has 0 saturated carbocycles. The Morgan fingerprint density at radius 3 is 2.24 bits per heavy atom. The molecule has 1 saturated heterocycles. The van der Waals surface area contributed by atoms with Gasteiger partial charge in [0.15, 0.2) is 0 Å². The van der Waals surface area contributed by atoms with E-state index < -0.39 is 78.0 Å². The van der Waals surface area contributed by atoms with Gasteiger partial charge in [-0.25, -0.2) is 9.78 Å². The average Bonchev–Trinajstić information content (AvgIpc) is 3.70. The second-order valence-electron chi connectivity index (χ2n) is 11.0. The van der Waals surface area contributed by atoms with Gasteiger partial charge in [0, 0.05) is 37.7 Å². The van der Waals surface area contributed by atoms with E-state index in [4.69, 9.17) is 17.2 Å². The fourth-order valence-electron chi connectivity index (χ4n) is 5.05. The first-order chi connectivity index (χ1) is 21.8. The zero-order valence-electron chi connectivity index (χ0n) is 25.0. The fraction of sp³-hybridized carbons (Fsp3) is 0.448. The predicted molar refractivity (Wildman–Crippen MR) is 161 cm³/mol. The zero-order valence-corrected chi connectivity index (χ0v) is 25.0. The largest absolute Gasteiger partial charge is 0.480 e. The molecule has 0 bridgehead atoms. The number of nitrogens with two attached hydrogens (primary N) is 3. The quantitative estimate of drug-likeness (QED) is 0.0877. The number of primary amides is 2. The molecule has 1 fully saturated rings. The zero-order chi connectivity index (χ0) is 33.8. The van der Waals surface area contributed by atoms with Gasteiger partial charge in [-0.2, -0.15) is 0 Å². The van der Waals surface area contributed by atoms with E-state index in [1.165, 1.54) is 17.4 Å². The maximum Gasteiger partial charge on any atom is 0.326 e. The lowest BCUT2D eigenvalue weighted by molar-refractivity contribution is -0.145. The number of aromatic amines is 1. The maximum absolute atomic E-state index is 14.0. The number of imidazole rings is 1. The van der Waals surface area contributed by atoms with Gasteiger partial charge in [0.25, 0.3) is 0 Å². The van der Waals surface area contributed by atoms with Gasteiger partial charge >= 0.3 is 5.97 Å². The highest BCUT2D eigenvalue weighted by atomic mass is 16.4. The number of amides is 6. The average molecular weight is 642 g/mol. The van der Waals surface area contributed by atoms with E-state index >= 15 is 0 Å². The first-order valence-electron chi connectivity index (χ1n) is 14.6. The highest BCUT2D eigenvalue weighted by Crippen LogP contribution is 2.20. The van der Waals surface area contributed by atoms with E-state index in [0.717, 1.165) is 0 Å². The number of carboxylic acids is 1. The summed E-state index contributed by atoms with van der Waals surface area (Å²) in [5.41, 5.74) is 17.3. The predicted octanol–water partition coefficient (Wildman–Crippen LogP) is -2.81. The standard InChI is InChI=1S/C29H39N9O8/c30-18(13-24(32)40)25(41)36-20(11-16-5-2-1-3-6-16)26(42)37-21(12-17-14-33-15-34-17)28(44)38-10-4-7-22(38)27(43)35-19(29(45)46)8-9-23(31)39/h1-3,5-6,14-15,18-22H,4,7-13,30H2,(H2,31,39)(H2,32,40)(H,33,34)(H,35,43)(H,36,41)(H,37,42)(H,45,46)/t18-,19-,20-,21-,22-/m0/s1. The van der Waals surface area contributed by atoms with Crippen LogP contribution in [0.25, 0.3) is 0 Å². The first-order valence-corrected chi connectivity index (χ1v) is 14.6. The number of rotatable bonds is 17. The summed E-state index contributed by atoms with van der Waals surface area (Å²) >= 11 is 0. The molecule has 5 atom stereocenters. The summed E-state index contributed by atoms with van der Waals surface area (Å²) in [4.78, 5) is 95.9. The number of hydrogen-bond acceptors (Lipinski definition) is 9. The van der Waals surface area contributed by atoms with Crippen LogP contribution in [0.4, 0.5) is 0 Å². The summed E-state index contributed by atoms with van der Waals surface area (Å²) in [5.74, 6) is -5.79. The van der Waals surface area contributed by atoms with Crippen LogP contribution in [0.2, 0.25) is 0 Å². The van der Waals surface area contributed by atoms with Gasteiger partial charge < -0.3 is 48.1 Å². The summed E-state index contributed by atoms with van der Waals surface area (Å²) in [5, 5.41) is 17.1. The molecule has 1 aliphatic heterocycles. The second-order valence-corrected chi connectivity index (χ2v) is 11.0. The molecule has 1 aliphatic rings. The fourth-order valence-corrected chi connectivity index (χ4v) is 5.05. The monoisotopic (exact) mass is 641 g/mol. The van der Waals surface area contributed by atoms with E-state index in [-0.39, 0.29) is 38.6 Å². The minimum atomic E-state index is -1.40. The van der Waals surface area contributed by atoms with Crippen LogP contribution < -0.4 is 33.2 Å². The van der Waals surface area contributed by atoms with Crippen molar-refractivity contribution in [3.8, 4) is 0 Å². The third kappa shape index (κ3) is 10.4. The summed E-state index contributed by atoms with van der Waals surface area (Å²) < 4.78 is 0. The summed E-state index contributed by atoms with van der Waals surface area (Å²) in [6.45, 7) is 0.150. The van der Waals surface area contributed by atoms with Gasteiger partial charge in [-0.3, -0.25) is 28.8 Å². The Bertz CT molecular complexity index is 1400. The van der Waals surface area contributed by atoms with Crippen LogP contribution in [0, 0.1) is 0 Å². The van der Waals surface area contributed by atoms with Crippen LogP contribution in [0.15, 0.2) is 42.9 Å². The molecule has 6 amide bonds. The number of aliphatic carboxylic acids is 1. The van der Waals surface area contributed by atoms with E-state index in [2.05, 4.69) is 25.9 Å². The number of carbonyl (C=O) groups excluding carboxylic acids is 6. The smallest absolute Gasteiger partial charge is 0.326 e. The number of benzene rings is 1. The molecule has 1 aromatic carbocycles. The van der Waals surface area contributed by atoms with Gasteiger partial charge in [0.2, 0.25) is 35.4 Å². The number of carbonyl (C=O) groups is 7. The third-order valence-corrected chi connectivity index (χ3v) is 7.40. The van der Waals surface area contributed by atoms with E-state index in [1.54, 1.807) is 30.3 Å². The Hall–Kier alpha value is -5.32. The van der Waals surface area contributed by atoms with Crippen LogP contribution in [0.1, 0.15) is 43.4 Å². The van der Waals surface area contributed by atoms with Crippen molar-refractivity contribution >= 4 is 41.4 Å². The van der Waals surface area contributed by atoms with Gasteiger partial charge in [-0.05, 0) is 24.8 Å². The molecule has 248 valence electrons. The maximum atomic E-state index is 14.0. The van der Waals surface area contributed by atoms with Crippen molar-refractivity contribution in [3.63, 3.8) is 0 Å². The summed E-state index contributed by atoms with van der Waals surface area (Å²) in [6, 6.07) is 2.54. The van der Waals surface area contributed by atoms with E-state index in [0.29, 0.717) is 17.7 Å². The number of nitrogens with one attached hydrogen (secondary N) is 4. The second kappa shape index (κ2) is 16.7. The van der Waals surface area contributed by atoms with E-state index in [1.807, 2.05) is 0 Å². The van der Waals surface area contributed by atoms with Crippen LogP contribution in [0.3, 0.4) is 0 Å². The molecule has 3 rings (SSSR count). The lowest BCUT2D eigenvalue weighted by Crippen LogP contribution is -2.59. The van der Waals surface area contributed by atoms with Gasteiger partial charge in [-0.1, -0.05) is 30.3 Å². The summed E-state index contributed by atoms with van der Waals surface area (Å²) in [6.07, 6.45) is 2.53. The lowest BCUT2D eigenvalue weighted by atomic mass is 10.0. The Morgan fingerprint density at radius 1 is 0.935 bits per heavy atom. The van der Waals surface area contributed by atoms with Gasteiger partial charge in [-0.15, -0.1) is 0 Å². The van der Waals surface area contributed by atoms with Gasteiger partial charge in [0.05, 0.1) is 18.8 Å². The minimum absolute atomic E-state index is 0.0172. The number of nitrogens with zero attached hydrogens (tertiary/aromatic N) is 2. The molecule has 0 unspecified atom stereocenters. The minimum Gasteiger partial charge on any atom is -0.480 e. The SMILES string of the molecule is NC(=O)CC[C@H](NC(=O)[C@@H]1CCCN1C(=O)[C@H](Cc1cnc[nH]1)NC(=O)[C@H](Cc1ccccc1)NC(=O)[C@@H](N)CC(N)=O)C(=O)O. The number of carboxylic acid groups (broad SMARTS) is 1. The number of hydrogen-bond donors (Lipinski definition) is 8. The van der Waals surface area contributed by atoms with Crippen molar-refractivity contribution in [2.75, 3.05) is 6.54 Å². The van der Waals surface area contributed by atoms with Crippen molar-refractivity contribution in [1.29, 1.82) is 0 Å². The highest BCUT2D eigenvalue weighted by molar-refractivity contribution is 5.96. The normalized spacial score (nSPS) is 16.8. The Morgan fingerprint density at radius 2 is 1.63 bits per heavy atom. The first kappa shape index (κ1) is 35.2. The van der Waals surface area contributed by atoms with Crippen LogP contribution in [-0.4, -0.2) is 98.1 Å². The van der Waals surface area contributed by atoms with Crippen LogP contribution >= 0.6 is 0 Å². The van der Waals surface area contributed by atoms with Crippen LogP contribution in [-0.2, 0) is 46.4 Å². The molecule has 1 aromatic heterocycles. The molecule has 0 spiro atoms. The lowest BCUT2D eigenvalue weighted by Gasteiger charge is -2.30. The molecule has 2 heterocycles. The summed E-state index contributed by atoms with van der Waals surface area (Å²) in [7, 11) is 0. The van der Waals surface area contributed by atoms with Gasteiger partial charge in [0.1, 0.15) is 24.2 Å². The van der Waals surface area contributed by atoms with E-state index in [9.17, 15) is 38.7 Å². The third-order valence-electron chi connectivity index (χ3n) is 7.40. The molecule has 0 radical (unpaired) electrons. The van der Waals surface area contributed by atoms with Crippen molar-refractivity contribution < 1.29 is 38.7 Å². The molecule has 17 nitrogen and oxygen atoms in total. The molecule has 2 aromatic rings. The molecular weight excluding hydrogens is 602 g/mol. The van der Waals surface area contributed by atoms with Crippen molar-refractivity contribution in [1.82, 2.24) is 30.8 Å². The Labute approximate surface area is 264 Å². The molecule has 17 heteroatoms. The Balaban J connectivity index is 1.83. The Kier molecular flexibility index (Phi) is 12.7. The topological polar surface area (TPSA) is 286 Å². The molecule has 0 aliphatic carbocycles. The van der Waals surface area contributed by atoms with Crippen molar-refractivity contribution in [2.24, 2.45) is 17.2 Å². The van der Waals surface area contributed by atoms with Crippen LogP contribution in [0.5, 0.6) is 0 Å². The molecule has 11 N–H and O–H groups in total. The van der Waals surface area contributed by atoms with Crippen molar-refractivity contribution in [3.05, 3.63) is 54.1 Å². The number of likely N-dealkylation sites (tertiary alicyclic amines) is 1. The van der Waals surface area contributed by atoms with Crippen molar-refractivity contribution in [2.45, 2.75) is 75.2 Å². The molecular formula is C29H39N9O8. The number of aromatic nitrogens is 2. The number of H-pyrrole nitrogens is 1. The highest BCUT2D eigenvalue weighted by Gasteiger charge is 2.40. The molecule has 46 heavy (non-hydrogen) atoms.